The van der Waals surface area contributed by atoms with Crippen molar-refractivity contribution in [2.45, 2.75) is 25.8 Å². The van der Waals surface area contributed by atoms with Gasteiger partial charge in [0.2, 0.25) is 11.7 Å². The molecule has 2 aromatic heterocycles. The molecule has 10 heteroatoms. The SMILES string of the molecule is C=CC(=O)N1CCN2c3c(c(=O)n(-c4ccccc4C(C)C)c4nc(-c5c(O)cccc5F)c(F)cc34)OCC2C1. The van der Waals surface area contributed by atoms with Gasteiger partial charge >= 0.3 is 5.56 Å². The summed E-state index contributed by atoms with van der Waals surface area (Å²) in [4.78, 5) is 34.7. The van der Waals surface area contributed by atoms with Crippen molar-refractivity contribution in [3.05, 3.63) is 88.7 Å². The van der Waals surface area contributed by atoms with Gasteiger partial charge in [0.15, 0.2) is 11.5 Å². The maximum atomic E-state index is 15.9. The number of carbonyl (C=O) groups is 1. The standard InChI is InChI=1S/C31H28F2N4O4/c1-4-25(39)35-12-13-36-18(15-35)16-41-29-28(36)20-14-22(33)27(26-21(32)9-7-11-24(26)38)34-30(20)37(31(29)40)23-10-6-5-8-19(23)17(2)3/h4-11,14,17-18,38H,1,12-13,15-16H2,2-3H3. The molecule has 0 radical (unpaired) electrons. The van der Waals surface area contributed by atoms with Crippen molar-refractivity contribution in [2.24, 2.45) is 0 Å². The molecule has 0 spiro atoms. The van der Waals surface area contributed by atoms with Crippen LogP contribution in [0.4, 0.5) is 14.5 Å². The van der Waals surface area contributed by atoms with Crippen LogP contribution in [0.2, 0.25) is 0 Å². The highest BCUT2D eigenvalue weighted by molar-refractivity contribution is 5.96. The summed E-state index contributed by atoms with van der Waals surface area (Å²) in [7, 11) is 0. The lowest BCUT2D eigenvalue weighted by atomic mass is 10.00. The number of carbonyl (C=O) groups excluding carboxylic acids is 1. The van der Waals surface area contributed by atoms with E-state index in [1.165, 1.54) is 28.8 Å². The summed E-state index contributed by atoms with van der Waals surface area (Å²) in [6, 6.07) is 11.9. The quantitative estimate of drug-likeness (QED) is 0.364. The summed E-state index contributed by atoms with van der Waals surface area (Å²) in [5.41, 5.74) is 0.546. The molecule has 2 aliphatic rings. The number of rotatable bonds is 4. The van der Waals surface area contributed by atoms with Gasteiger partial charge in [-0.1, -0.05) is 44.7 Å². The molecule has 0 aliphatic carbocycles. The number of hydrogen-bond acceptors (Lipinski definition) is 6. The van der Waals surface area contributed by atoms with E-state index in [9.17, 15) is 19.1 Å². The number of aromatic nitrogens is 2. The normalized spacial score (nSPS) is 16.4. The summed E-state index contributed by atoms with van der Waals surface area (Å²) in [6.45, 7) is 8.78. The third-order valence-electron chi connectivity index (χ3n) is 7.74. The number of aromatic hydroxyl groups is 1. The number of phenols is 1. The Morgan fingerprint density at radius 1 is 1.15 bits per heavy atom. The summed E-state index contributed by atoms with van der Waals surface area (Å²) in [6.07, 6.45) is 1.26. The van der Waals surface area contributed by atoms with E-state index in [4.69, 9.17) is 4.74 Å². The van der Waals surface area contributed by atoms with Gasteiger partial charge in [-0.3, -0.25) is 14.2 Å². The van der Waals surface area contributed by atoms with Crippen LogP contribution in [0.3, 0.4) is 0 Å². The molecule has 1 fully saturated rings. The van der Waals surface area contributed by atoms with E-state index in [-0.39, 0.29) is 35.9 Å². The third kappa shape index (κ3) is 4.21. The molecule has 4 heterocycles. The molecule has 8 nitrogen and oxygen atoms in total. The molecule has 1 amide bonds. The van der Waals surface area contributed by atoms with Crippen molar-refractivity contribution < 1.29 is 23.4 Å². The first-order chi connectivity index (χ1) is 19.7. The van der Waals surface area contributed by atoms with E-state index < -0.39 is 34.2 Å². The Bertz CT molecular complexity index is 1760. The molecular weight excluding hydrogens is 530 g/mol. The Morgan fingerprint density at radius 3 is 2.66 bits per heavy atom. The van der Waals surface area contributed by atoms with Crippen molar-refractivity contribution >= 4 is 22.6 Å². The maximum Gasteiger partial charge on any atom is 0.301 e. The zero-order chi connectivity index (χ0) is 29.0. The van der Waals surface area contributed by atoms with E-state index in [2.05, 4.69) is 11.6 Å². The number of pyridine rings is 2. The van der Waals surface area contributed by atoms with E-state index >= 15 is 4.39 Å². The highest BCUT2D eigenvalue weighted by Gasteiger charge is 2.38. The number of nitrogens with zero attached hydrogens (tertiary/aromatic N) is 4. The zero-order valence-electron chi connectivity index (χ0n) is 22.6. The molecular formula is C31H28F2N4O4. The molecule has 1 N–H and O–H groups in total. The molecule has 2 aliphatic heterocycles. The number of benzene rings is 2. The first-order valence-electron chi connectivity index (χ1n) is 13.4. The molecule has 0 saturated carbocycles. The van der Waals surface area contributed by atoms with Gasteiger partial charge in [-0.2, -0.15) is 0 Å². The van der Waals surface area contributed by atoms with Crippen LogP contribution in [0.25, 0.3) is 28.0 Å². The fraction of sp³-hybridized carbons (Fsp3) is 0.258. The van der Waals surface area contributed by atoms with Gasteiger partial charge in [-0.25, -0.2) is 13.8 Å². The molecule has 41 heavy (non-hydrogen) atoms. The fourth-order valence-corrected chi connectivity index (χ4v) is 5.79. The van der Waals surface area contributed by atoms with Gasteiger partial charge < -0.3 is 19.6 Å². The number of fused-ring (bicyclic) bond motifs is 5. The van der Waals surface area contributed by atoms with Gasteiger partial charge in [0.25, 0.3) is 0 Å². The molecule has 2 aromatic carbocycles. The lowest BCUT2D eigenvalue weighted by Gasteiger charge is -2.45. The van der Waals surface area contributed by atoms with Crippen molar-refractivity contribution in [1.29, 1.82) is 0 Å². The smallest absolute Gasteiger partial charge is 0.301 e. The summed E-state index contributed by atoms with van der Waals surface area (Å²) in [5, 5.41) is 10.7. The van der Waals surface area contributed by atoms with Crippen molar-refractivity contribution in [3.63, 3.8) is 0 Å². The van der Waals surface area contributed by atoms with E-state index in [1.807, 2.05) is 30.9 Å². The Labute approximate surface area is 234 Å². The van der Waals surface area contributed by atoms with Crippen molar-refractivity contribution in [3.8, 4) is 28.4 Å². The summed E-state index contributed by atoms with van der Waals surface area (Å²) < 4.78 is 38.2. The number of amides is 1. The maximum absolute atomic E-state index is 15.9. The van der Waals surface area contributed by atoms with E-state index in [1.54, 1.807) is 17.0 Å². The van der Waals surface area contributed by atoms with E-state index in [0.717, 1.165) is 11.6 Å². The molecule has 6 rings (SSSR count). The highest BCUT2D eigenvalue weighted by atomic mass is 19.1. The highest BCUT2D eigenvalue weighted by Crippen LogP contribution is 2.42. The number of halogens is 2. The van der Waals surface area contributed by atoms with Crippen LogP contribution >= 0.6 is 0 Å². The number of piperazine rings is 1. The molecule has 0 bridgehead atoms. The zero-order valence-corrected chi connectivity index (χ0v) is 22.6. The second-order valence-electron chi connectivity index (χ2n) is 10.5. The number of anilines is 1. The number of ether oxygens (including phenoxy) is 1. The Hall–Kier alpha value is -4.73. The third-order valence-corrected chi connectivity index (χ3v) is 7.74. The minimum absolute atomic E-state index is 0.0282. The minimum Gasteiger partial charge on any atom is -0.507 e. The second-order valence-corrected chi connectivity index (χ2v) is 10.5. The minimum atomic E-state index is -0.870. The van der Waals surface area contributed by atoms with Crippen LogP contribution in [0.15, 0.2) is 66.0 Å². The van der Waals surface area contributed by atoms with E-state index in [0.29, 0.717) is 36.4 Å². The Morgan fingerprint density at radius 2 is 1.93 bits per heavy atom. The van der Waals surface area contributed by atoms with Crippen LogP contribution in [-0.4, -0.2) is 57.7 Å². The van der Waals surface area contributed by atoms with Gasteiger partial charge in [-0.15, -0.1) is 0 Å². The monoisotopic (exact) mass is 558 g/mol. The van der Waals surface area contributed by atoms with Crippen LogP contribution in [0, 0.1) is 11.6 Å². The lowest BCUT2D eigenvalue weighted by Crippen LogP contribution is -2.58. The van der Waals surface area contributed by atoms with Crippen molar-refractivity contribution in [2.75, 3.05) is 31.1 Å². The van der Waals surface area contributed by atoms with Crippen LogP contribution < -0.4 is 15.2 Å². The largest absolute Gasteiger partial charge is 0.507 e. The van der Waals surface area contributed by atoms with Crippen LogP contribution in [0.5, 0.6) is 11.5 Å². The average molecular weight is 559 g/mol. The van der Waals surface area contributed by atoms with Gasteiger partial charge in [-0.05, 0) is 41.8 Å². The molecule has 1 saturated heterocycles. The van der Waals surface area contributed by atoms with Gasteiger partial charge in [0.1, 0.15) is 23.9 Å². The first kappa shape index (κ1) is 26.5. The second kappa shape index (κ2) is 10.0. The average Bonchev–Trinajstić information content (AvgIpc) is 2.96. The van der Waals surface area contributed by atoms with Crippen LogP contribution in [-0.2, 0) is 4.79 Å². The van der Waals surface area contributed by atoms with Crippen molar-refractivity contribution in [1.82, 2.24) is 14.5 Å². The molecule has 210 valence electrons. The van der Waals surface area contributed by atoms with Gasteiger partial charge in [0.05, 0.1) is 23.0 Å². The summed E-state index contributed by atoms with van der Waals surface area (Å²) >= 11 is 0. The number of hydrogen-bond donors (Lipinski definition) is 1. The summed E-state index contributed by atoms with van der Waals surface area (Å²) in [5.74, 6) is -2.32. The topological polar surface area (TPSA) is 87.9 Å². The van der Waals surface area contributed by atoms with Gasteiger partial charge in [0, 0.05) is 25.0 Å². The number of phenolic OH excluding ortho intramolecular Hbond substituents is 1. The lowest BCUT2D eigenvalue weighted by molar-refractivity contribution is -0.127. The van der Waals surface area contributed by atoms with Crippen LogP contribution in [0.1, 0.15) is 25.3 Å². The fourth-order valence-electron chi connectivity index (χ4n) is 5.79. The molecule has 1 atom stereocenters. The first-order valence-corrected chi connectivity index (χ1v) is 13.4. The molecule has 1 unspecified atom stereocenters. The predicted molar refractivity (Wildman–Crippen MR) is 152 cm³/mol. The predicted octanol–water partition coefficient (Wildman–Crippen LogP) is 4.76. The Balaban J connectivity index is 1.67. The molecule has 4 aromatic rings. The number of para-hydroxylation sites is 1. The Kier molecular flexibility index (Phi) is 6.48.